The van der Waals surface area contributed by atoms with Gasteiger partial charge in [-0.05, 0) is 55.5 Å². The highest BCUT2D eigenvalue weighted by Crippen LogP contribution is 2.18. The molecule has 1 aliphatic rings. The second-order valence-corrected chi connectivity index (χ2v) is 7.88. The summed E-state index contributed by atoms with van der Waals surface area (Å²) in [6, 6.07) is 15.6. The van der Waals surface area contributed by atoms with Crippen molar-refractivity contribution in [1.29, 1.82) is 0 Å². The van der Waals surface area contributed by atoms with Gasteiger partial charge >= 0.3 is 0 Å². The number of amides is 1. The van der Waals surface area contributed by atoms with Gasteiger partial charge in [0.1, 0.15) is 6.04 Å². The Hall–Kier alpha value is -2.17. The molecule has 1 atom stereocenters. The van der Waals surface area contributed by atoms with Crippen LogP contribution < -0.4 is 11.1 Å². The van der Waals surface area contributed by atoms with Crippen LogP contribution in [0.2, 0.25) is 0 Å². The first-order valence-corrected chi connectivity index (χ1v) is 9.91. The van der Waals surface area contributed by atoms with Crippen LogP contribution in [-0.4, -0.2) is 23.9 Å². The van der Waals surface area contributed by atoms with Crippen molar-refractivity contribution in [1.82, 2.24) is 10.2 Å². The molecule has 1 amide bonds. The average Bonchev–Trinajstić information content (AvgIpc) is 2.68. The molecule has 0 spiro atoms. The lowest BCUT2D eigenvalue weighted by Gasteiger charge is -2.30. The average molecular weight is 366 g/mol. The minimum Gasteiger partial charge on any atom is -0.350 e. The molecule has 1 unspecified atom stereocenters. The Kier molecular flexibility index (Phi) is 6.64. The molecule has 0 saturated carbocycles. The molecule has 0 bridgehead atoms. The zero-order valence-electron chi connectivity index (χ0n) is 16.4. The van der Waals surface area contributed by atoms with Crippen LogP contribution in [0.25, 0.3) is 0 Å². The fraction of sp³-hybridized carbons (Fsp3) is 0.435. The summed E-state index contributed by atoms with van der Waals surface area (Å²) in [5, 5.41) is 2.97. The van der Waals surface area contributed by atoms with E-state index < -0.39 is 6.04 Å². The monoisotopic (exact) mass is 365 g/mol. The summed E-state index contributed by atoms with van der Waals surface area (Å²) in [5.41, 5.74) is 10.5. The molecule has 1 aliphatic heterocycles. The molecule has 0 radical (unpaired) electrons. The third-order valence-electron chi connectivity index (χ3n) is 5.46. The molecule has 1 saturated heterocycles. The predicted molar refractivity (Wildman–Crippen MR) is 110 cm³/mol. The van der Waals surface area contributed by atoms with Gasteiger partial charge in [0.2, 0.25) is 5.91 Å². The summed E-state index contributed by atoms with van der Waals surface area (Å²) in [5.74, 6) is 0.704. The summed E-state index contributed by atoms with van der Waals surface area (Å²) >= 11 is 0. The van der Waals surface area contributed by atoms with Crippen molar-refractivity contribution in [2.24, 2.45) is 11.7 Å². The number of nitrogens with one attached hydrogen (secondary N) is 1. The largest absolute Gasteiger partial charge is 0.350 e. The topological polar surface area (TPSA) is 58.4 Å². The number of carbonyl (C=O) groups excluding carboxylic acids is 1. The lowest BCUT2D eigenvalue weighted by Crippen LogP contribution is -2.34. The number of rotatable bonds is 6. The van der Waals surface area contributed by atoms with Crippen molar-refractivity contribution in [3.63, 3.8) is 0 Å². The molecule has 144 valence electrons. The third-order valence-corrected chi connectivity index (χ3v) is 5.46. The van der Waals surface area contributed by atoms with Crippen LogP contribution in [0.4, 0.5) is 0 Å². The highest BCUT2D eigenvalue weighted by atomic mass is 16.2. The van der Waals surface area contributed by atoms with E-state index in [9.17, 15) is 4.79 Å². The number of likely N-dealkylation sites (tertiary alicyclic amines) is 1. The predicted octanol–water partition coefficient (Wildman–Crippen LogP) is 3.54. The number of nitrogens with two attached hydrogens (primary N) is 1. The number of hydrogen-bond acceptors (Lipinski definition) is 3. The van der Waals surface area contributed by atoms with Gasteiger partial charge in [-0.15, -0.1) is 0 Å². The zero-order valence-corrected chi connectivity index (χ0v) is 16.4. The molecule has 0 aliphatic carbocycles. The fourth-order valence-corrected chi connectivity index (χ4v) is 3.54. The molecule has 2 aromatic rings. The van der Waals surface area contributed by atoms with Gasteiger partial charge in [0.25, 0.3) is 0 Å². The molecular formula is C23H31N3O. The van der Waals surface area contributed by atoms with Crippen molar-refractivity contribution in [2.45, 2.75) is 45.8 Å². The van der Waals surface area contributed by atoms with Crippen molar-refractivity contribution in [2.75, 3.05) is 13.1 Å². The maximum absolute atomic E-state index is 12.4. The van der Waals surface area contributed by atoms with Gasteiger partial charge in [0, 0.05) is 13.1 Å². The minimum absolute atomic E-state index is 0.144. The number of carbonyl (C=O) groups is 1. The number of piperidine rings is 1. The fourth-order valence-electron chi connectivity index (χ4n) is 3.54. The van der Waals surface area contributed by atoms with E-state index in [0.29, 0.717) is 6.54 Å². The molecule has 3 N–H and O–H groups in total. The van der Waals surface area contributed by atoms with E-state index in [-0.39, 0.29) is 5.91 Å². The van der Waals surface area contributed by atoms with Gasteiger partial charge in [-0.25, -0.2) is 0 Å². The molecule has 4 nitrogen and oxygen atoms in total. The van der Waals surface area contributed by atoms with Crippen molar-refractivity contribution >= 4 is 5.91 Å². The SMILES string of the molecule is Cc1ccc(C(N)C(=O)NCc2cccc(CN3CCC(C)CC3)c2)cc1. The summed E-state index contributed by atoms with van der Waals surface area (Å²) in [4.78, 5) is 14.9. The second kappa shape index (κ2) is 9.16. The van der Waals surface area contributed by atoms with E-state index in [1.54, 1.807) is 0 Å². The Labute approximate surface area is 162 Å². The first-order valence-electron chi connectivity index (χ1n) is 9.91. The summed E-state index contributed by atoms with van der Waals surface area (Å²) in [7, 11) is 0. The van der Waals surface area contributed by atoms with Crippen molar-refractivity contribution < 1.29 is 4.79 Å². The van der Waals surface area contributed by atoms with Crippen LogP contribution >= 0.6 is 0 Å². The molecule has 27 heavy (non-hydrogen) atoms. The number of hydrogen-bond donors (Lipinski definition) is 2. The molecule has 1 fully saturated rings. The summed E-state index contributed by atoms with van der Waals surface area (Å²) < 4.78 is 0. The smallest absolute Gasteiger partial charge is 0.241 e. The normalized spacial score (nSPS) is 16.9. The van der Waals surface area contributed by atoms with E-state index in [1.807, 2.05) is 31.2 Å². The van der Waals surface area contributed by atoms with Gasteiger partial charge in [-0.3, -0.25) is 9.69 Å². The Morgan fingerprint density at radius 2 is 1.81 bits per heavy atom. The van der Waals surface area contributed by atoms with Gasteiger partial charge in [0.05, 0.1) is 0 Å². The van der Waals surface area contributed by atoms with Gasteiger partial charge in [0.15, 0.2) is 0 Å². The van der Waals surface area contributed by atoms with Crippen LogP contribution in [0.1, 0.15) is 48.1 Å². The van der Waals surface area contributed by atoms with Crippen LogP contribution in [0.15, 0.2) is 48.5 Å². The first kappa shape index (κ1) is 19.6. The Morgan fingerprint density at radius 1 is 1.15 bits per heavy atom. The quantitative estimate of drug-likeness (QED) is 0.823. The highest BCUT2D eigenvalue weighted by Gasteiger charge is 2.17. The van der Waals surface area contributed by atoms with Crippen molar-refractivity contribution in [3.8, 4) is 0 Å². The third kappa shape index (κ3) is 5.65. The molecule has 4 heteroatoms. The highest BCUT2D eigenvalue weighted by molar-refractivity contribution is 5.82. The van der Waals surface area contributed by atoms with E-state index in [1.165, 1.54) is 31.5 Å². The maximum Gasteiger partial charge on any atom is 0.241 e. The first-order chi connectivity index (χ1) is 13.0. The maximum atomic E-state index is 12.4. The summed E-state index contributed by atoms with van der Waals surface area (Å²) in [6.45, 7) is 8.19. The lowest BCUT2D eigenvalue weighted by atomic mass is 9.98. The van der Waals surface area contributed by atoms with Crippen LogP contribution in [-0.2, 0) is 17.9 Å². The lowest BCUT2D eigenvalue weighted by molar-refractivity contribution is -0.122. The van der Waals surface area contributed by atoms with Gasteiger partial charge in [-0.1, -0.05) is 61.0 Å². The summed E-state index contributed by atoms with van der Waals surface area (Å²) in [6.07, 6.45) is 2.57. The Morgan fingerprint density at radius 3 is 2.52 bits per heavy atom. The number of nitrogens with zero attached hydrogens (tertiary/aromatic N) is 1. The second-order valence-electron chi connectivity index (χ2n) is 7.88. The van der Waals surface area contributed by atoms with E-state index in [4.69, 9.17) is 5.73 Å². The molecular weight excluding hydrogens is 334 g/mol. The molecule has 1 heterocycles. The number of aryl methyl sites for hydroxylation is 1. The van der Waals surface area contributed by atoms with Gasteiger partial charge in [-0.2, -0.15) is 0 Å². The van der Waals surface area contributed by atoms with E-state index in [0.717, 1.165) is 29.2 Å². The molecule has 0 aromatic heterocycles. The van der Waals surface area contributed by atoms with Crippen LogP contribution in [0.3, 0.4) is 0 Å². The Bertz CT molecular complexity index is 748. The van der Waals surface area contributed by atoms with Crippen LogP contribution in [0, 0.1) is 12.8 Å². The van der Waals surface area contributed by atoms with E-state index >= 15 is 0 Å². The molecule has 2 aromatic carbocycles. The Balaban J connectivity index is 1.53. The number of benzene rings is 2. The van der Waals surface area contributed by atoms with Gasteiger partial charge < -0.3 is 11.1 Å². The van der Waals surface area contributed by atoms with Crippen LogP contribution in [0.5, 0.6) is 0 Å². The van der Waals surface area contributed by atoms with Crippen molar-refractivity contribution in [3.05, 3.63) is 70.8 Å². The molecule has 3 rings (SSSR count). The zero-order chi connectivity index (χ0) is 19.2. The standard InChI is InChI=1S/C23H31N3O/c1-17-6-8-21(9-7-17)22(24)23(27)25-15-19-4-3-5-20(14-19)16-26-12-10-18(2)11-13-26/h3-9,14,18,22H,10-13,15-16,24H2,1-2H3,(H,25,27). The van der Waals surface area contributed by atoms with E-state index in [2.05, 4.69) is 41.4 Å². The minimum atomic E-state index is -0.635.